The molecule has 0 fully saturated rings. The van der Waals surface area contributed by atoms with E-state index in [0.29, 0.717) is 36.4 Å². The number of carbonyl (C=O) groups is 1. The number of fused-ring (bicyclic) bond motifs is 2. The number of amides is 1. The first-order valence-corrected chi connectivity index (χ1v) is 9.89. The number of nitrogens with zero attached hydrogens (tertiary/aromatic N) is 6. The standard InChI is InChI=1S/C16H19N7O3S/c1-11(24)17-9-12-8-13-10-22(6-7-23(13)18-12)27(25,26)15-5-3-4-14-16(15)20-21(2)19-14/h3-5,8H,6-7,9-10H2,1-2H3,(H,17,24). The molecule has 10 nitrogen and oxygen atoms in total. The zero-order chi connectivity index (χ0) is 19.2. The van der Waals surface area contributed by atoms with Gasteiger partial charge in [-0.05, 0) is 18.2 Å². The molecule has 0 saturated carbocycles. The third-order valence-corrected chi connectivity index (χ3v) is 6.30. The Balaban J connectivity index is 1.63. The maximum Gasteiger partial charge on any atom is 0.245 e. The van der Waals surface area contributed by atoms with E-state index >= 15 is 0 Å². The Morgan fingerprint density at radius 2 is 2.04 bits per heavy atom. The Hall–Kier alpha value is -2.79. The number of hydrogen-bond donors (Lipinski definition) is 1. The largest absolute Gasteiger partial charge is 0.351 e. The second-order valence-electron chi connectivity index (χ2n) is 6.41. The minimum absolute atomic E-state index is 0.137. The minimum atomic E-state index is -3.73. The second-order valence-corrected chi connectivity index (χ2v) is 8.32. The molecule has 1 aliphatic heterocycles. The van der Waals surface area contributed by atoms with Gasteiger partial charge in [0.15, 0.2) is 0 Å². The van der Waals surface area contributed by atoms with E-state index in [9.17, 15) is 13.2 Å². The van der Waals surface area contributed by atoms with Gasteiger partial charge in [-0.2, -0.15) is 24.4 Å². The van der Waals surface area contributed by atoms with Crippen molar-refractivity contribution in [2.75, 3.05) is 6.54 Å². The number of rotatable bonds is 4. The van der Waals surface area contributed by atoms with Crippen LogP contribution in [0.3, 0.4) is 0 Å². The van der Waals surface area contributed by atoms with Crippen molar-refractivity contribution < 1.29 is 13.2 Å². The van der Waals surface area contributed by atoms with Crippen molar-refractivity contribution >= 4 is 27.0 Å². The molecule has 0 spiro atoms. The summed E-state index contributed by atoms with van der Waals surface area (Å²) >= 11 is 0. The SMILES string of the molecule is CC(=O)NCc1cc2n(n1)CCN(S(=O)(=O)c1cccc3nn(C)nc13)C2. The van der Waals surface area contributed by atoms with Crippen LogP contribution in [-0.4, -0.2) is 49.9 Å². The lowest BCUT2D eigenvalue weighted by Crippen LogP contribution is -2.38. The summed E-state index contributed by atoms with van der Waals surface area (Å²) in [6.45, 7) is 2.74. The van der Waals surface area contributed by atoms with Crippen LogP contribution in [0, 0.1) is 0 Å². The van der Waals surface area contributed by atoms with Crippen molar-refractivity contribution in [2.24, 2.45) is 7.05 Å². The lowest BCUT2D eigenvalue weighted by molar-refractivity contribution is -0.119. The topological polar surface area (TPSA) is 115 Å². The van der Waals surface area contributed by atoms with E-state index in [4.69, 9.17) is 0 Å². The first kappa shape index (κ1) is 17.6. The fourth-order valence-electron chi connectivity index (χ4n) is 3.17. The maximum absolute atomic E-state index is 13.2. The molecule has 1 aliphatic rings. The van der Waals surface area contributed by atoms with Gasteiger partial charge in [0.2, 0.25) is 15.9 Å². The summed E-state index contributed by atoms with van der Waals surface area (Å²) in [5.41, 5.74) is 2.40. The molecule has 3 aromatic rings. The highest BCUT2D eigenvalue weighted by Gasteiger charge is 2.31. The Bertz CT molecular complexity index is 1130. The number of aromatic nitrogens is 5. The van der Waals surface area contributed by atoms with Gasteiger partial charge >= 0.3 is 0 Å². The molecule has 0 unspecified atom stereocenters. The first-order valence-electron chi connectivity index (χ1n) is 8.45. The molecule has 1 amide bonds. The van der Waals surface area contributed by atoms with E-state index in [1.165, 1.54) is 16.0 Å². The first-order chi connectivity index (χ1) is 12.8. The molecule has 27 heavy (non-hydrogen) atoms. The van der Waals surface area contributed by atoms with Gasteiger partial charge < -0.3 is 5.32 Å². The van der Waals surface area contributed by atoms with E-state index in [-0.39, 0.29) is 17.3 Å². The molecule has 11 heteroatoms. The fourth-order valence-corrected chi connectivity index (χ4v) is 4.71. The molecule has 0 saturated heterocycles. The molecule has 0 aliphatic carbocycles. The van der Waals surface area contributed by atoms with E-state index in [0.717, 1.165) is 5.69 Å². The molecule has 0 bridgehead atoms. The van der Waals surface area contributed by atoms with Gasteiger partial charge in [0.1, 0.15) is 15.9 Å². The molecule has 1 aromatic carbocycles. The van der Waals surface area contributed by atoms with Crippen LogP contribution in [0.15, 0.2) is 29.2 Å². The number of carbonyl (C=O) groups excluding carboxylic acids is 1. The highest BCUT2D eigenvalue weighted by atomic mass is 32.2. The van der Waals surface area contributed by atoms with Gasteiger partial charge in [-0.25, -0.2) is 8.42 Å². The monoisotopic (exact) mass is 389 g/mol. The third-order valence-electron chi connectivity index (χ3n) is 4.42. The van der Waals surface area contributed by atoms with Gasteiger partial charge in [-0.3, -0.25) is 9.48 Å². The average Bonchev–Trinajstić information content (AvgIpc) is 3.20. The number of sulfonamides is 1. The lowest BCUT2D eigenvalue weighted by atomic mass is 10.3. The molecular weight excluding hydrogens is 370 g/mol. The van der Waals surface area contributed by atoms with E-state index in [1.807, 2.05) is 6.07 Å². The summed E-state index contributed by atoms with van der Waals surface area (Å²) in [6.07, 6.45) is 0. The summed E-state index contributed by atoms with van der Waals surface area (Å²) in [7, 11) is -2.07. The molecule has 2 aromatic heterocycles. The van der Waals surface area contributed by atoms with Crippen LogP contribution in [0.1, 0.15) is 18.3 Å². The van der Waals surface area contributed by atoms with Crippen LogP contribution < -0.4 is 5.32 Å². The summed E-state index contributed by atoms with van der Waals surface area (Å²) in [5.74, 6) is -0.137. The molecule has 142 valence electrons. The molecule has 3 heterocycles. The number of hydrogen-bond acceptors (Lipinski definition) is 6. The Kier molecular flexibility index (Phi) is 4.19. The van der Waals surface area contributed by atoms with Crippen LogP contribution in [0.25, 0.3) is 11.0 Å². The normalized spacial score (nSPS) is 15.0. The van der Waals surface area contributed by atoms with Gasteiger partial charge in [0.25, 0.3) is 0 Å². The Morgan fingerprint density at radius 1 is 1.22 bits per heavy atom. The Morgan fingerprint density at radius 3 is 2.81 bits per heavy atom. The number of aryl methyl sites for hydroxylation is 1. The summed E-state index contributed by atoms with van der Waals surface area (Å²) in [4.78, 5) is 12.6. The molecule has 1 N–H and O–H groups in total. The second kappa shape index (κ2) is 6.43. The van der Waals surface area contributed by atoms with Crippen molar-refractivity contribution in [3.8, 4) is 0 Å². The van der Waals surface area contributed by atoms with Gasteiger partial charge in [-0.15, -0.1) is 0 Å². The number of nitrogens with one attached hydrogen (secondary N) is 1. The maximum atomic E-state index is 13.2. The molecule has 0 atom stereocenters. The van der Waals surface area contributed by atoms with E-state index in [1.54, 1.807) is 29.9 Å². The number of benzene rings is 1. The van der Waals surface area contributed by atoms with Crippen molar-refractivity contribution in [3.05, 3.63) is 35.7 Å². The van der Waals surface area contributed by atoms with Gasteiger partial charge in [-0.1, -0.05) is 6.07 Å². The molecule has 0 radical (unpaired) electrons. The van der Waals surface area contributed by atoms with Crippen molar-refractivity contribution in [2.45, 2.75) is 31.5 Å². The predicted molar refractivity (Wildman–Crippen MR) is 95.9 cm³/mol. The third kappa shape index (κ3) is 3.19. The lowest BCUT2D eigenvalue weighted by Gasteiger charge is -2.26. The van der Waals surface area contributed by atoms with E-state index in [2.05, 4.69) is 20.6 Å². The van der Waals surface area contributed by atoms with Crippen molar-refractivity contribution in [3.63, 3.8) is 0 Å². The average molecular weight is 389 g/mol. The molecular formula is C16H19N7O3S. The predicted octanol–water partition coefficient (Wildman–Crippen LogP) is 0.00540. The summed E-state index contributed by atoms with van der Waals surface area (Å²) in [5, 5.41) is 15.5. The van der Waals surface area contributed by atoms with Crippen LogP contribution in [0.5, 0.6) is 0 Å². The highest BCUT2D eigenvalue weighted by Crippen LogP contribution is 2.26. The van der Waals surface area contributed by atoms with Crippen LogP contribution in [0.4, 0.5) is 0 Å². The summed E-state index contributed by atoms with van der Waals surface area (Å²) in [6, 6.07) is 6.78. The van der Waals surface area contributed by atoms with Crippen molar-refractivity contribution in [1.82, 2.24) is 34.4 Å². The summed E-state index contributed by atoms with van der Waals surface area (Å²) < 4.78 is 29.6. The minimum Gasteiger partial charge on any atom is -0.351 e. The van der Waals surface area contributed by atoms with Crippen LogP contribution in [-0.2, 0) is 41.5 Å². The van der Waals surface area contributed by atoms with Crippen LogP contribution >= 0.6 is 0 Å². The Labute approximate surface area is 155 Å². The van der Waals surface area contributed by atoms with Gasteiger partial charge in [0.05, 0.1) is 31.0 Å². The highest BCUT2D eigenvalue weighted by molar-refractivity contribution is 7.89. The van der Waals surface area contributed by atoms with Crippen LogP contribution in [0.2, 0.25) is 0 Å². The van der Waals surface area contributed by atoms with Gasteiger partial charge in [0, 0.05) is 20.5 Å². The van der Waals surface area contributed by atoms with Crippen molar-refractivity contribution in [1.29, 1.82) is 0 Å². The van der Waals surface area contributed by atoms with E-state index < -0.39 is 10.0 Å². The smallest absolute Gasteiger partial charge is 0.245 e. The zero-order valence-corrected chi connectivity index (χ0v) is 15.8. The fraction of sp³-hybridized carbons (Fsp3) is 0.375. The molecule has 4 rings (SSSR count). The zero-order valence-electron chi connectivity index (χ0n) is 15.0. The quantitative estimate of drug-likeness (QED) is 0.672.